The fourth-order valence-electron chi connectivity index (χ4n) is 2.76. The van der Waals surface area contributed by atoms with Crippen molar-refractivity contribution in [1.82, 2.24) is 4.90 Å². The van der Waals surface area contributed by atoms with Gasteiger partial charge in [0, 0.05) is 0 Å². The van der Waals surface area contributed by atoms with Crippen molar-refractivity contribution in [2.75, 3.05) is 25.6 Å². The number of anilines is 1. The molecule has 0 atom stereocenters. The number of benzene rings is 2. The third-order valence-corrected chi connectivity index (χ3v) is 5.19. The molecule has 0 bridgehead atoms. The Morgan fingerprint density at radius 3 is 2.64 bits per heavy atom. The van der Waals surface area contributed by atoms with Crippen LogP contribution in [0, 0.1) is 29.8 Å². The quantitative estimate of drug-likeness (QED) is 0.372. The number of hydrogen-bond donors (Lipinski definition) is 1. The molecule has 3 rings (SSSR count). The van der Waals surface area contributed by atoms with Crippen LogP contribution in [0.25, 0.3) is 6.08 Å². The lowest BCUT2D eigenvalue weighted by atomic mass is 10.2. The topological polar surface area (TPSA) is 84.9 Å². The van der Waals surface area contributed by atoms with E-state index in [2.05, 4.69) is 5.92 Å². The first-order valence-corrected chi connectivity index (χ1v) is 9.99. The Hall–Kier alpha value is -3.91. The molecule has 33 heavy (non-hydrogen) atoms. The fraction of sp³-hybridized carbons (Fsp3) is 0.136. The second-order valence-corrected chi connectivity index (χ2v) is 7.44. The molecule has 1 aliphatic heterocycles. The molecule has 1 aliphatic rings. The number of nitrogens with one attached hydrogen (secondary N) is 1. The normalized spacial score (nSPS) is 14.4. The Kier molecular flexibility index (Phi) is 7.30. The number of thioether (sulfide) groups is 1. The lowest BCUT2D eigenvalue weighted by Crippen LogP contribution is -2.36. The van der Waals surface area contributed by atoms with E-state index in [0.29, 0.717) is 39.8 Å². The number of amides is 3. The van der Waals surface area contributed by atoms with Crippen molar-refractivity contribution < 1.29 is 37.0 Å². The van der Waals surface area contributed by atoms with Crippen LogP contribution in [0.5, 0.6) is 11.5 Å². The molecule has 170 valence electrons. The van der Waals surface area contributed by atoms with Crippen LogP contribution in [0.2, 0.25) is 0 Å². The van der Waals surface area contributed by atoms with Crippen LogP contribution < -0.4 is 14.8 Å². The summed E-state index contributed by atoms with van der Waals surface area (Å²) < 4.78 is 50.6. The Morgan fingerprint density at radius 2 is 1.94 bits per heavy atom. The van der Waals surface area contributed by atoms with Crippen LogP contribution in [-0.2, 0) is 9.59 Å². The lowest BCUT2D eigenvalue weighted by Gasteiger charge is -2.13. The first kappa shape index (κ1) is 23.7. The van der Waals surface area contributed by atoms with Gasteiger partial charge in [-0.1, -0.05) is 12.0 Å². The summed E-state index contributed by atoms with van der Waals surface area (Å²) in [6.07, 6.45) is 6.59. The van der Waals surface area contributed by atoms with Gasteiger partial charge in [-0.05, 0) is 47.7 Å². The maximum atomic E-state index is 13.7. The zero-order valence-corrected chi connectivity index (χ0v) is 17.8. The largest absolute Gasteiger partial charge is 0.493 e. The zero-order chi connectivity index (χ0) is 24.1. The van der Waals surface area contributed by atoms with Crippen LogP contribution in [-0.4, -0.2) is 42.2 Å². The number of nitrogens with zero attached hydrogens (tertiary/aromatic N) is 1. The monoisotopic (exact) mass is 476 g/mol. The zero-order valence-electron chi connectivity index (χ0n) is 17.0. The van der Waals surface area contributed by atoms with Crippen molar-refractivity contribution in [2.45, 2.75) is 0 Å². The van der Waals surface area contributed by atoms with Crippen LogP contribution in [0.1, 0.15) is 5.56 Å². The van der Waals surface area contributed by atoms with Crippen LogP contribution in [0.4, 0.5) is 23.7 Å². The fourth-order valence-corrected chi connectivity index (χ4v) is 3.59. The van der Waals surface area contributed by atoms with E-state index in [9.17, 15) is 27.6 Å². The highest BCUT2D eigenvalue weighted by molar-refractivity contribution is 8.18. The molecule has 1 N–H and O–H groups in total. The number of rotatable bonds is 7. The molecule has 3 amide bonds. The third kappa shape index (κ3) is 5.30. The first-order chi connectivity index (χ1) is 15.7. The summed E-state index contributed by atoms with van der Waals surface area (Å²) in [5.74, 6) is -3.43. The maximum absolute atomic E-state index is 13.7. The smallest absolute Gasteiger partial charge is 0.294 e. The van der Waals surface area contributed by atoms with E-state index in [1.54, 1.807) is 18.2 Å². The van der Waals surface area contributed by atoms with Crippen molar-refractivity contribution in [3.63, 3.8) is 0 Å². The van der Waals surface area contributed by atoms with Gasteiger partial charge >= 0.3 is 0 Å². The molecule has 2 aromatic rings. The van der Waals surface area contributed by atoms with Gasteiger partial charge in [0.15, 0.2) is 29.0 Å². The number of terminal acetylenes is 1. The van der Waals surface area contributed by atoms with Crippen molar-refractivity contribution in [3.8, 4) is 23.8 Å². The Morgan fingerprint density at radius 1 is 1.18 bits per heavy atom. The second-order valence-electron chi connectivity index (χ2n) is 6.44. The van der Waals surface area contributed by atoms with E-state index >= 15 is 0 Å². The van der Waals surface area contributed by atoms with E-state index in [1.807, 2.05) is 5.32 Å². The highest BCUT2D eigenvalue weighted by Gasteiger charge is 2.36. The van der Waals surface area contributed by atoms with Crippen LogP contribution >= 0.6 is 11.8 Å². The Labute approximate surface area is 190 Å². The van der Waals surface area contributed by atoms with E-state index in [4.69, 9.17) is 15.9 Å². The third-order valence-electron chi connectivity index (χ3n) is 4.28. The molecule has 1 fully saturated rings. The molecule has 2 aromatic carbocycles. The predicted molar refractivity (Wildman–Crippen MR) is 115 cm³/mol. The number of hydrogen-bond acceptors (Lipinski definition) is 6. The average Bonchev–Trinajstić information content (AvgIpc) is 3.05. The van der Waals surface area contributed by atoms with Gasteiger partial charge in [-0.2, -0.15) is 0 Å². The highest BCUT2D eigenvalue weighted by atomic mass is 32.2. The van der Waals surface area contributed by atoms with Gasteiger partial charge in [0.1, 0.15) is 13.2 Å². The number of imide groups is 1. The van der Waals surface area contributed by atoms with E-state index < -0.39 is 46.7 Å². The summed E-state index contributed by atoms with van der Waals surface area (Å²) in [5, 5.41) is 1.28. The summed E-state index contributed by atoms with van der Waals surface area (Å²) in [6, 6.07) is 6.22. The molecule has 7 nitrogen and oxygen atoms in total. The van der Waals surface area contributed by atoms with E-state index in [-0.39, 0.29) is 11.5 Å². The van der Waals surface area contributed by atoms with E-state index in [1.165, 1.54) is 13.2 Å². The minimum atomic E-state index is -1.76. The number of methoxy groups -OCH3 is 1. The number of ether oxygens (including phenoxy) is 2. The van der Waals surface area contributed by atoms with Crippen molar-refractivity contribution in [3.05, 3.63) is 58.3 Å². The molecule has 1 heterocycles. The number of carbonyl (C=O) groups is 3. The summed E-state index contributed by atoms with van der Waals surface area (Å²) >= 11 is 0.600. The predicted octanol–water partition coefficient (Wildman–Crippen LogP) is 3.80. The van der Waals surface area contributed by atoms with Crippen LogP contribution in [0.3, 0.4) is 0 Å². The number of halogens is 3. The maximum Gasteiger partial charge on any atom is 0.294 e. The molecule has 1 saturated heterocycles. The van der Waals surface area contributed by atoms with Gasteiger partial charge in [-0.25, -0.2) is 13.2 Å². The average molecular weight is 476 g/mol. The van der Waals surface area contributed by atoms with Gasteiger partial charge in [-0.15, -0.1) is 6.42 Å². The standard InChI is InChI=1S/C22H15F3N2O5S/c1-3-8-32-15-7-4-12(9-16(15)31-2)10-17-21(29)27(22(30)33-17)11-18(28)26-14-6-5-13(23)19(24)20(14)25/h1,4-7,9-10H,8,11H2,2H3,(H,26,28)/b17-10-. The first-order valence-electron chi connectivity index (χ1n) is 9.18. The molecular formula is C22H15F3N2O5S. The van der Waals surface area contributed by atoms with Gasteiger partial charge in [0.2, 0.25) is 5.91 Å². The van der Waals surface area contributed by atoms with Gasteiger partial charge in [0.05, 0.1) is 17.7 Å². The molecule has 11 heteroatoms. The SMILES string of the molecule is C#CCOc1ccc(/C=C2\SC(=O)N(CC(=O)Nc3ccc(F)c(F)c3F)C2=O)cc1OC. The molecule has 0 radical (unpaired) electrons. The minimum Gasteiger partial charge on any atom is -0.493 e. The van der Waals surface area contributed by atoms with Crippen molar-refractivity contribution in [2.24, 2.45) is 0 Å². The summed E-state index contributed by atoms with van der Waals surface area (Å²) in [7, 11) is 1.42. The molecule has 0 unspecified atom stereocenters. The van der Waals surface area contributed by atoms with Crippen molar-refractivity contribution in [1.29, 1.82) is 0 Å². The van der Waals surface area contributed by atoms with Gasteiger partial charge in [0.25, 0.3) is 11.1 Å². The Bertz CT molecular complexity index is 1210. The second kappa shape index (κ2) is 10.1. The summed E-state index contributed by atoms with van der Waals surface area (Å²) in [4.78, 5) is 37.7. The molecule has 0 spiro atoms. The van der Waals surface area contributed by atoms with Crippen LogP contribution in [0.15, 0.2) is 35.2 Å². The van der Waals surface area contributed by atoms with Gasteiger partial charge < -0.3 is 14.8 Å². The molecule has 0 aliphatic carbocycles. The molecule has 0 aromatic heterocycles. The Balaban J connectivity index is 1.73. The van der Waals surface area contributed by atoms with E-state index in [0.717, 1.165) is 6.07 Å². The van der Waals surface area contributed by atoms with Crippen molar-refractivity contribution >= 4 is 40.6 Å². The summed E-state index contributed by atoms with van der Waals surface area (Å²) in [6.45, 7) is -0.715. The molecular weight excluding hydrogens is 461 g/mol. The molecule has 0 saturated carbocycles. The van der Waals surface area contributed by atoms with Gasteiger partial charge in [-0.3, -0.25) is 19.3 Å². The lowest BCUT2D eigenvalue weighted by molar-refractivity contribution is -0.127. The minimum absolute atomic E-state index is 0.0329. The number of carbonyl (C=O) groups excluding carboxylic acids is 3. The highest BCUT2D eigenvalue weighted by Crippen LogP contribution is 2.34. The summed E-state index contributed by atoms with van der Waals surface area (Å²) in [5.41, 5.74) is -0.112.